The molecule has 0 unspecified atom stereocenters. The highest BCUT2D eigenvalue weighted by Gasteiger charge is 2.20. The first kappa shape index (κ1) is 21.8. The molecule has 0 aliphatic heterocycles. The molecule has 33 heavy (non-hydrogen) atoms. The fourth-order valence-corrected chi connectivity index (χ4v) is 6.20. The van der Waals surface area contributed by atoms with Gasteiger partial charge in [-0.25, -0.2) is 22.6 Å². The Labute approximate surface area is 200 Å². The average molecular weight is 493 g/mol. The highest BCUT2D eigenvalue weighted by molar-refractivity contribution is 7.99. The first-order valence-corrected chi connectivity index (χ1v) is 13.4. The third-order valence-electron chi connectivity index (χ3n) is 5.03. The highest BCUT2D eigenvalue weighted by Crippen LogP contribution is 2.29. The van der Waals surface area contributed by atoms with Crippen LogP contribution in [0.3, 0.4) is 0 Å². The molecule has 3 aromatic heterocycles. The number of benzene rings is 2. The number of thiophene rings is 1. The van der Waals surface area contributed by atoms with Crippen molar-refractivity contribution in [3.05, 3.63) is 95.5 Å². The van der Waals surface area contributed by atoms with Crippen molar-refractivity contribution in [2.75, 3.05) is 0 Å². The van der Waals surface area contributed by atoms with E-state index in [-0.39, 0.29) is 10.8 Å². The van der Waals surface area contributed by atoms with Crippen LogP contribution in [-0.2, 0) is 16.6 Å². The summed E-state index contributed by atoms with van der Waals surface area (Å²) in [4.78, 5) is 5.86. The van der Waals surface area contributed by atoms with E-state index < -0.39 is 10.0 Å². The van der Waals surface area contributed by atoms with Crippen LogP contribution in [0.2, 0.25) is 0 Å². The summed E-state index contributed by atoms with van der Waals surface area (Å²) in [6.07, 6.45) is 0. The summed E-state index contributed by atoms with van der Waals surface area (Å²) >= 11 is 2.73. The topological polar surface area (TPSA) is 76.4 Å². The van der Waals surface area contributed by atoms with Gasteiger partial charge in [0.1, 0.15) is 9.24 Å². The molecule has 5 aromatic rings. The van der Waals surface area contributed by atoms with Gasteiger partial charge in [-0.05, 0) is 42.6 Å². The minimum atomic E-state index is -3.63. The summed E-state index contributed by atoms with van der Waals surface area (Å²) in [5.74, 6) is 0. The highest BCUT2D eigenvalue weighted by atomic mass is 32.2. The van der Waals surface area contributed by atoms with Crippen LogP contribution in [0.1, 0.15) is 11.3 Å². The minimum absolute atomic E-state index is 0.0665. The molecule has 0 fully saturated rings. The zero-order valence-corrected chi connectivity index (χ0v) is 20.1. The second kappa shape index (κ2) is 9.11. The zero-order chi connectivity index (χ0) is 22.8. The Hall–Kier alpha value is -2.98. The van der Waals surface area contributed by atoms with Gasteiger partial charge in [-0.15, -0.1) is 11.3 Å². The van der Waals surface area contributed by atoms with Gasteiger partial charge in [0.25, 0.3) is 0 Å². The molecule has 9 heteroatoms. The molecule has 0 bridgehead atoms. The third-order valence-corrected chi connectivity index (χ3v) is 8.76. The first-order valence-electron chi connectivity index (χ1n) is 10.2. The van der Waals surface area contributed by atoms with E-state index in [0.717, 1.165) is 21.0 Å². The third kappa shape index (κ3) is 4.72. The van der Waals surface area contributed by atoms with Crippen molar-refractivity contribution in [1.82, 2.24) is 19.3 Å². The molecule has 0 saturated carbocycles. The van der Waals surface area contributed by atoms with Gasteiger partial charge in [0.15, 0.2) is 5.65 Å². The Morgan fingerprint density at radius 2 is 1.76 bits per heavy atom. The number of fused-ring (bicyclic) bond motifs is 1. The van der Waals surface area contributed by atoms with Gasteiger partial charge in [-0.2, -0.15) is 5.10 Å². The smallest absolute Gasteiger partial charge is 0.227 e. The van der Waals surface area contributed by atoms with Gasteiger partial charge in [0, 0.05) is 10.5 Å². The molecule has 2 aromatic carbocycles. The van der Waals surface area contributed by atoms with Gasteiger partial charge in [0.05, 0.1) is 17.9 Å². The van der Waals surface area contributed by atoms with E-state index in [1.807, 2.05) is 73.7 Å². The molecule has 0 atom stereocenters. The fourth-order valence-electron chi connectivity index (χ4n) is 3.38. The second-order valence-electron chi connectivity index (χ2n) is 7.39. The standard InChI is InChI=1S/C24H20N4O2S3/c1-17-9-11-18(12-10-17)24-20(16-25-33(29,30)23-8-5-15-31-23)28-21(26-24)13-14-22(27-28)32-19-6-3-2-4-7-19/h2-15,25H,16H2,1H3. The van der Waals surface area contributed by atoms with Gasteiger partial charge in [-0.1, -0.05) is 65.9 Å². The molecule has 0 spiro atoms. The first-order chi connectivity index (χ1) is 16.0. The molecule has 0 saturated heterocycles. The Bertz CT molecular complexity index is 1500. The molecule has 166 valence electrons. The summed E-state index contributed by atoms with van der Waals surface area (Å²) in [5.41, 5.74) is 4.10. The Morgan fingerprint density at radius 3 is 2.48 bits per heavy atom. The predicted molar refractivity (Wildman–Crippen MR) is 132 cm³/mol. The number of nitrogens with zero attached hydrogens (tertiary/aromatic N) is 3. The number of nitrogens with one attached hydrogen (secondary N) is 1. The van der Waals surface area contributed by atoms with Crippen molar-refractivity contribution in [2.24, 2.45) is 0 Å². The summed E-state index contributed by atoms with van der Waals surface area (Å²) in [7, 11) is -3.63. The number of imidazole rings is 1. The number of hydrogen-bond donors (Lipinski definition) is 1. The van der Waals surface area contributed by atoms with Crippen LogP contribution < -0.4 is 4.72 Å². The molecular weight excluding hydrogens is 472 g/mol. The Balaban J connectivity index is 1.57. The number of aryl methyl sites for hydroxylation is 1. The fraction of sp³-hybridized carbons (Fsp3) is 0.0833. The predicted octanol–water partition coefficient (Wildman–Crippen LogP) is 5.40. The second-order valence-corrected chi connectivity index (χ2v) is 11.4. The molecule has 0 aliphatic carbocycles. The van der Waals surface area contributed by atoms with Crippen LogP contribution in [0.5, 0.6) is 0 Å². The molecule has 6 nitrogen and oxygen atoms in total. The number of aromatic nitrogens is 3. The van der Waals surface area contributed by atoms with Crippen LogP contribution >= 0.6 is 23.1 Å². The van der Waals surface area contributed by atoms with E-state index >= 15 is 0 Å². The van der Waals surface area contributed by atoms with Crippen molar-refractivity contribution < 1.29 is 8.42 Å². The van der Waals surface area contributed by atoms with Gasteiger partial charge in [-0.3, -0.25) is 0 Å². The Kier molecular flexibility index (Phi) is 6.03. The molecule has 5 rings (SSSR count). The molecule has 1 N–H and O–H groups in total. The molecule has 0 amide bonds. The lowest BCUT2D eigenvalue weighted by molar-refractivity contribution is 0.581. The van der Waals surface area contributed by atoms with Crippen LogP contribution in [0.4, 0.5) is 0 Å². The van der Waals surface area contributed by atoms with E-state index in [0.29, 0.717) is 17.0 Å². The number of rotatable bonds is 7. The van der Waals surface area contributed by atoms with Crippen molar-refractivity contribution in [3.8, 4) is 11.3 Å². The maximum Gasteiger partial charge on any atom is 0.250 e. The van der Waals surface area contributed by atoms with E-state index in [9.17, 15) is 8.42 Å². The van der Waals surface area contributed by atoms with Gasteiger partial charge < -0.3 is 0 Å². The zero-order valence-electron chi connectivity index (χ0n) is 17.7. The van der Waals surface area contributed by atoms with Crippen molar-refractivity contribution in [1.29, 1.82) is 0 Å². The summed E-state index contributed by atoms with van der Waals surface area (Å²) < 4.78 is 30.3. The average Bonchev–Trinajstić information content (AvgIpc) is 3.48. The van der Waals surface area contributed by atoms with Gasteiger partial charge >= 0.3 is 0 Å². The van der Waals surface area contributed by atoms with Gasteiger partial charge in [0.2, 0.25) is 10.0 Å². The van der Waals surface area contributed by atoms with Crippen LogP contribution in [0.25, 0.3) is 16.9 Å². The molecular formula is C24H20N4O2S3. The molecule has 0 radical (unpaired) electrons. The van der Waals surface area contributed by atoms with E-state index in [4.69, 9.17) is 10.1 Å². The van der Waals surface area contributed by atoms with Crippen LogP contribution in [0, 0.1) is 6.92 Å². The maximum absolute atomic E-state index is 12.8. The van der Waals surface area contributed by atoms with Crippen molar-refractivity contribution in [2.45, 2.75) is 27.6 Å². The SMILES string of the molecule is Cc1ccc(-c2nc3ccc(Sc4ccccc4)nn3c2CNS(=O)(=O)c2cccs2)cc1. The maximum atomic E-state index is 12.8. The minimum Gasteiger partial charge on any atom is -0.227 e. The summed E-state index contributed by atoms with van der Waals surface area (Å²) in [6, 6.07) is 25.2. The van der Waals surface area contributed by atoms with Crippen molar-refractivity contribution >= 4 is 38.8 Å². The summed E-state index contributed by atoms with van der Waals surface area (Å²) in [5, 5.41) is 7.32. The Morgan fingerprint density at radius 1 is 0.970 bits per heavy atom. The normalized spacial score (nSPS) is 11.8. The molecule has 0 aliphatic rings. The van der Waals surface area contributed by atoms with E-state index in [1.54, 1.807) is 33.8 Å². The van der Waals surface area contributed by atoms with Crippen LogP contribution in [0.15, 0.2) is 98.4 Å². The summed E-state index contributed by atoms with van der Waals surface area (Å²) in [6.45, 7) is 2.09. The van der Waals surface area contributed by atoms with Crippen LogP contribution in [-0.4, -0.2) is 23.0 Å². The number of hydrogen-bond acceptors (Lipinski definition) is 6. The largest absolute Gasteiger partial charge is 0.250 e. The van der Waals surface area contributed by atoms with Crippen molar-refractivity contribution in [3.63, 3.8) is 0 Å². The lowest BCUT2D eigenvalue weighted by atomic mass is 10.1. The lowest BCUT2D eigenvalue weighted by Crippen LogP contribution is -2.23. The van der Waals surface area contributed by atoms with E-state index in [2.05, 4.69) is 4.72 Å². The quantitative estimate of drug-likeness (QED) is 0.329. The monoisotopic (exact) mass is 492 g/mol. The molecule has 3 heterocycles. The number of sulfonamides is 1. The lowest BCUT2D eigenvalue weighted by Gasteiger charge is -2.08. The van der Waals surface area contributed by atoms with E-state index in [1.165, 1.54) is 11.3 Å².